The fourth-order valence-electron chi connectivity index (χ4n) is 3.83. The van der Waals surface area contributed by atoms with E-state index in [-0.39, 0.29) is 23.5 Å². The van der Waals surface area contributed by atoms with E-state index in [0.717, 1.165) is 23.5 Å². The molecule has 1 aliphatic heterocycles. The van der Waals surface area contributed by atoms with Crippen molar-refractivity contribution in [2.75, 3.05) is 16.8 Å². The lowest BCUT2D eigenvalue weighted by Gasteiger charge is -2.11. The number of sulfone groups is 1. The second-order valence-electron chi connectivity index (χ2n) is 7.73. The maximum atomic E-state index is 13.1. The molecule has 1 N–H and O–H groups in total. The van der Waals surface area contributed by atoms with Crippen LogP contribution < -0.4 is 5.32 Å². The van der Waals surface area contributed by atoms with Gasteiger partial charge in [0.1, 0.15) is 5.01 Å². The lowest BCUT2D eigenvalue weighted by Crippen LogP contribution is -2.15. The molecule has 2 fully saturated rings. The van der Waals surface area contributed by atoms with E-state index < -0.39 is 9.84 Å². The molecule has 1 saturated heterocycles. The molecule has 0 spiro atoms. The number of carbonyl (C=O) groups is 1. The molecule has 152 valence electrons. The zero-order valence-electron chi connectivity index (χ0n) is 16.0. The van der Waals surface area contributed by atoms with E-state index in [1.54, 1.807) is 4.68 Å². The van der Waals surface area contributed by atoms with Crippen molar-refractivity contribution in [3.8, 4) is 0 Å². The molecule has 3 aromatic rings. The molecule has 3 aromatic heterocycles. The molecule has 2 aliphatic rings. The number of nitrogens with one attached hydrogen (secondary N) is 1. The van der Waals surface area contributed by atoms with Crippen LogP contribution in [-0.4, -0.2) is 50.8 Å². The summed E-state index contributed by atoms with van der Waals surface area (Å²) < 4.78 is 25.7. The van der Waals surface area contributed by atoms with Crippen LogP contribution in [0.15, 0.2) is 6.07 Å². The molecule has 0 radical (unpaired) electrons. The molecule has 1 unspecified atom stereocenters. The first-order valence-electron chi connectivity index (χ1n) is 9.52. The van der Waals surface area contributed by atoms with Crippen LogP contribution in [0.2, 0.25) is 0 Å². The van der Waals surface area contributed by atoms with Gasteiger partial charge >= 0.3 is 0 Å². The highest BCUT2D eigenvalue weighted by Gasteiger charge is 2.34. The van der Waals surface area contributed by atoms with E-state index >= 15 is 0 Å². The quantitative estimate of drug-likeness (QED) is 0.672. The van der Waals surface area contributed by atoms with Gasteiger partial charge in [0.2, 0.25) is 5.13 Å². The molecule has 0 aromatic carbocycles. The van der Waals surface area contributed by atoms with Crippen molar-refractivity contribution in [3.63, 3.8) is 0 Å². The van der Waals surface area contributed by atoms with Crippen LogP contribution in [0.25, 0.3) is 11.0 Å². The fraction of sp³-hybridized carbons (Fsp3) is 0.500. The van der Waals surface area contributed by atoms with Gasteiger partial charge in [-0.05, 0) is 39.2 Å². The zero-order valence-corrected chi connectivity index (χ0v) is 17.7. The van der Waals surface area contributed by atoms with Crippen molar-refractivity contribution in [1.29, 1.82) is 0 Å². The fourth-order valence-corrected chi connectivity index (χ4v) is 6.11. The van der Waals surface area contributed by atoms with Crippen molar-refractivity contribution in [1.82, 2.24) is 25.0 Å². The minimum absolute atomic E-state index is 0.0597. The summed E-state index contributed by atoms with van der Waals surface area (Å²) in [4.78, 5) is 17.9. The first-order chi connectivity index (χ1) is 13.8. The highest BCUT2D eigenvalue weighted by Crippen LogP contribution is 2.41. The Kier molecular flexibility index (Phi) is 4.21. The van der Waals surface area contributed by atoms with Crippen LogP contribution in [0.3, 0.4) is 0 Å². The standard InChI is InChI=1S/C18H20N6O3S2/c1-9-15-13(17(25)20-18-22-21-10(2)28-18)7-14(11-3-4-11)19-16(15)24(23-9)12-5-6-29(26,27)8-12/h7,11-12H,3-6,8H2,1-2H3,(H,20,22,25). The topological polar surface area (TPSA) is 120 Å². The Morgan fingerprint density at radius 1 is 1.24 bits per heavy atom. The first kappa shape index (κ1) is 18.6. The summed E-state index contributed by atoms with van der Waals surface area (Å²) in [7, 11) is -3.06. The minimum Gasteiger partial charge on any atom is -0.296 e. The number of anilines is 1. The number of fused-ring (bicyclic) bond motifs is 1. The SMILES string of the molecule is Cc1nnc(NC(=O)c2cc(C3CC3)nc3c2c(C)nn3C2CCS(=O)(=O)C2)s1. The van der Waals surface area contributed by atoms with Crippen LogP contribution in [0.4, 0.5) is 5.13 Å². The Balaban J connectivity index is 1.62. The van der Waals surface area contributed by atoms with Crippen molar-refractivity contribution in [2.45, 2.75) is 45.1 Å². The van der Waals surface area contributed by atoms with Crippen LogP contribution in [-0.2, 0) is 9.84 Å². The van der Waals surface area contributed by atoms with Crippen molar-refractivity contribution < 1.29 is 13.2 Å². The van der Waals surface area contributed by atoms with Crippen LogP contribution >= 0.6 is 11.3 Å². The summed E-state index contributed by atoms with van der Waals surface area (Å²) in [5.74, 6) is 0.275. The molecule has 1 aliphatic carbocycles. The van der Waals surface area contributed by atoms with Gasteiger partial charge in [-0.15, -0.1) is 10.2 Å². The Morgan fingerprint density at radius 3 is 2.66 bits per heavy atom. The summed E-state index contributed by atoms with van der Waals surface area (Å²) in [6.07, 6.45) is 2.60. The van der Waals surface area contributed by atoms with Crippen LogP contribution in [0, 0.1) is 13.8 Å². The maximum absolute atomic E-state index is 13.1. The number of hydrogen-bond acceptors (Lipinski definition) is 8. The smallest absolute Gasteiger partial charge is 0.258 e. The lowest BCUT2D eigenvalue weighted by molar-refractivity contribution is 0.102. The summed E-state index contributed by atoms with van der Waals surface area (Å²) in [5, 5.41) is 17.2. The number of pyridine rings is 1. The molecule has 1 atom stereocenters. The average molecular weight is 433 g/mol. The molecule has 29 heavy (non-hydrogen) atoms. The Hall–Kier alpha value is -2.40. The monoisotopic (exact) mass is 432 g/mol. The third-order valence-corrected chi connectivity index (χ3v) is 7.90. The summed E-state index contributed by atoms with van der Waals surface area (Å²) in [6.45, 7) is 3.65. The largest absolute Gasteiger partial charge is 0.296 e. The minimum atomic E-state index is -3.06. The van der Waals surface area contributed by atoms with Gasteiger partial charge in [-0.3, -0.25) is 10.1 Å². The van der Waals surface area contributed by atoms with Gasteiger partial charge in [0.15, 0.2) is 15.5 Å². The Bertz CT molecular complexity index is 1240. The van der Waals surface area contributed by atoms with E-state index in [9.17, 15) is 13.2 Å². The molecule has 11 heteroatoms. The second-order valence-corrected chi connectivity index (χ2v) is 11.1. The number of aryl methyl sites for hydroxylation is 2. The first-order valence-corrected chi connectivity index (χ1v) is 12.2. The normalized spacial score (nSPS) is 21.0. The molecular formula is C18H20N6O3S2. The van der Waals surface area contributed by atoms with E-state index in [0.29, 0.717) is 39.8 Å². The summed E-state index contributed by atoms with van der Waals surface area (Å²) >= 11 is 1.31. The number of nitrogens with zero attached hydrogens (tertiary/aromatic N) is 5. The van der Waals surface area contributed by atoms with Gasteiger partial charge in [-0.2, -0.15) is 5.10 Å². The molecule has 1 amide bonds. The summed E-state index contributed by atoms with van der Waals surface area (Å²) in [5.41, 5.74) is 2.61. The molecule has 5 rings (SSSR count). The predicted molar refractivity (Wildman–Crippen MR) is 109 cm³/mol. The van der Waals surface area contributed by atoms with Gasteiger partial charge in [0.05, 0.1) is 34.2 Å². The molecule has 4 heterocycles. The van der Waals surface area contributed by atoms with E-state index in [4.69, 9.17) is 4.98 Å². The van der Waals surface area contributed by atoms with Crippen molar-refractivity contribution in [2.24, 2.45) is 0 Å². The Labute approximate surface area is 171 Å². The summed E-state index contributed by atoms with van der Waals surface area (Å²) in [6, 6.07) is 1.59. The van der Waals surface area contributed by atoms with E-state index in [1.165, 1.54) is 11.3 Å². The molecule has 1 saturated carbocycles. The predicted octanol–water partition coefficient (Wildman–Crippen LogP) is 2.39. The van der Waals surface area contributed by atoms with Crippen molar-refractivity contribution in [3.05, 3.63) is 28.0 Å². The average Bonchev–Trinajstić information content (AvgIpc) is 3.24. The molecule has 9 nitrogen and oxygen atoms in total. The number of carbonyl (C=O) groups excluding carboxylic acids is 1. The second kappa shape index (κ2) is 6.56. The third-order valence-electron chi connectivity index (χ3n) is 5.40. The number of hydrogen-bond donors (Lipinski definition) is 1. The molecular weight excluding hydrogens is 412 g/mol. The van der Waals surface area contributed by atoms with Crippen molar-refractivity contribution >= 4 is 43.2 Å². The molecule has 0 bridgehead atoms. The van der Waals surface area contributed by atoms with Gasteiger partial charge in [0, 0.05) is 11.6 Å². The van der Waals surface area contributed by atoms with Gasteiger partial charge in [0.25, 0.3) is 5.91 Å². The zero-order chi connectivity index (χ0) is 20.3. The number of rotatable bonds is 4. The van der Waals surface area contributed by atoms with E-state index in [2.05, 4.69) is 20.6 Å². The third kappa shape index (κ3) is 3.42. The van der Waals surface area contributed by atoms with Gasteiger partial charge in [-0.1, -0.05) is 11.3 Å². The maximum Gasteiger partial charge on any atom is 0.258 e. The Morgan fingerprint density at radius 2 is 2.03 bits per heavy atom. The van der Waals surface area contributed by atoms with Crippen LogP contribution in [0.1, 0.15) is 58.0 Å². The lowest BCUT2D eigenvalue weighted by atomic mass is 10.1. The van der Waals surface area contributed by atoms with Gasteiger partial charge < -0.3 is 0 Å². The highest BCUT2D eigenvalue weighted by molar-refractivity contribution is 7.91. The number of aromatic nitrogens is 5. The highest BCUT2D eigenvalue weighted by atomic mass is 32.2. The van der Waals surface area contributed by atoms with Crippen LogP contribution in [0.5, 0.6) is 0 Å². The van der Waals surface area contributed by atoms with Gasteiger partial charge in [-0.25, -0.2) is 18.1 Å². The van der Waals surface area contributed by atoms with E-state index in [1.807, 2.05) is 19.9 Å². The number of amides is 1.